The maximum absolute atomic E-state index is 11.8. The number of hydrogen-bond acceptors (Lipinski definition) is 7. The van der Waals surface area contributed by atoms with Gasteiger partial charge < -0.3 is 15.8 Å². The molecule has 0 aliphatic carbocycles. The third-order valence-corrected chi connectivity index (χ3v) is 3.39. The third-order valence-electron chi connectivity index (χ3n) is 3.39. The first-order valence-electron chi connectivity index (χ1n) is 7.26. The fraction of sp³-hybridized carbons (Fsp3) is 0.133. The third kappa shape index (κ3) is 3.24. The summed E-state index contributed by atoms with van der Waals surface area (Å²) in [5.74, 6) is 0.00614. The van der Waals surface area contributed by atoms with Crippen LogP contribution in [0.3, 0.4) is 0 Å². The molecule has 2 aromatic heterocycles. The number of anilines is 2. The fourth-order valence-corrected chi connectivity index (χ4v) is 2.17. The predicted molar refractivity (Wildman–Crippen MR) is 92.1 cm³/mol. The molecule has 0 aliphatic rings. The molecule has 1 radical (unpaired) electrons. The van der Waals surface area contributed by atoms with Gasteiger partial charge in [-0.05, 0) is 12.1 Å². The van der Waals surface area contributed by atoms with E-state index in [0.29, 0.717) is 17.8 Å². The van der Waals surface area contributed by atoms with Gasteiger partial charge in [0.2, 0.25) is 13.2 Å². The molecule has 119 valence electrons. The maximum atomic E-state index is 11.8. The van der Waals surface area contributed by atoms with Crippen LogP contribution in [0.4, 0.5) is 11.6 Å². The topological polar surface area (TPSA) is 127 Å². The monoisotopic (exact) mass is 321 g/mol. The van der Waals surface area contributed by atoms with Gasteiger partial charge in [0.15, 0.2) is 11.2 Å². The molecule has 0 amide bonds. The van der Waals surface area contributed by atoms with E-state index in [-0.39, 0.29) is 22.8 Å². The summed E-state index contributed by atoms with van der Waals surface area (Å²) in [5, 5.41) is 3.16. The van der Waals surface area contributed by atoms with Crippen LogP contribution in [-0.4, -0.2) is 32.9 Å². The Bertz CT molecular complexity index is 954. The highest BCUT2D eigenvalue weighted by Crippen LogP contribution is 2.11. The van der Waals surface area contributed by atoms with Crippen molar-refractivity contribution in [3.63, 3.8) is 0 Å². The molecule has 0 unspecified atom stereocenters. The number of nitrogens with zero attached hydrogens (tertiary/aromatic N) is 3. The van der Waals surface area contributed by atoms with Gasteiger partial charge in [-0.25, -0.2) is 9.97 Å². The Morgan fingerprint density at radius 2 is 2.04 bits per heavy atom. The number of nitrogens with one attached hydrogen (secondary N) is 2. The number of carbonyl (C=O) groups is 1. The largest absolute Gasteiger partial charge is 0.379 e. The molecule has 9 heteroatoms. The van der Waals surface area contributed by atoms with Gasteiger partial charge in [0, 0.05) is 11.3 Å². The number of benzene rings is 1. The van der Waals surface area contributed by atoms with Gasteiger partial charge in [0.05, 0.1) is 18.4 Å². The van der Waals surface area contributed by atoms with E-state index in [0.717, 1.165) is 5.69 Å². The second kappa shape index (κ2) is 6.49. The van der Waals surface area contributed by atoms with Crippen LogP contribution in [-0.2, 0) is 6.54 Å². The van der Waals surface area contributed by atoms with Gasteiger partial charge in [-0.15, -0.1) is 0 Å². The van der Waals surface area contributed by atoms with Crippen molar-refractivity contribution in [2.75, 3.05) is 11.1 Å². The molecule has 24 heavy (non-hydrogen) atoms. The number of carbonyl (C=O) groups excluding carboxylic acids is 1. The maximum Gasteiger partial charge on any atom is 0.280 e. The lowest BCUT2D eigenvalue weighted by molar-refractivity contribution is 0.107. The van der Waals surface area contributed by atoms with E-state index >= 15 is 0 Å². The Morgan fingerprint density at radius 3 is 2.75 bits per heavy atom. The minimum atomic E-state index is -0.425. The Balaban J connectivity index is 1.76. The van der Waals surface area contributed by atoms with Gasteiger partial charge >= 0.3 is 0 Å². The number of aromatic amines is 1. The van der Waals surface area contributed by atoms with Gasteiger partial charge in [-0.2, -0.15) is 4.98 Å². The summed E-state index contributed by atoms with van der Waals surface area (Å²) in [7, 11) is 1.52. The fourth-order valence-electron chi connectivity index (χ4n) is 2.17. The number of fused-ring (bicyclic) bond motifs is 1. The van der Waals surface area contributed by atoms with E-state index in [9.17, 15) is 9.59 Å². The summed E-state index contributed by atoms with van der Waals surface area (Å²) in [6, 6.07) is 7.10. The number of H-pyrrole nitrogens is 1. The number of hydrogen-bond donors (Lipinski definition) is 3. The van der Waals surface area contributed by atoms with Crippen LogP contribution in [0.25, 0.3) is 11.2 Å². The molecule has 3 rings (SSSR count). The first-order valence-corrected chi connectivity index (χ1v) is 7.26. The summed E-state index contributed by atoms with van der Waals surface area (Å²) < 4.78 is 0. The van der Waals surface area contributed by atoms with Gasteiger partial charge in [0.1, 0.15) is 5.68 Å². The lowest BCUT2D eigenvalue weighted by Crippen LogP contribution is -2.15. The number of aromatic nitrogens is 4. The quantitative estimate of drug-likeness (QED) is 0.593. The Labute approximate surface area is 137 Å². The molecule has 0 bridgehead atoms. The van der Waals surface area contributed by atoms with E-state index in [1.54, 1.807) is 31.1 Å². The van der Waals surface area contributed by atoms with Crippen LogP contribution in [0.5, 0.6) is 0 Å². The standard InChI is InChI=1S/C15H14BN6O2/c1-16-12(23)8-2-4-9(5-3-8)18-6-10-7-19-13-11(20-10)14(24)22-15(17)21-13/h2-5,7,18H,6H2,1H3,(H3,17,19,21,22,24). The summed E-state index contributed by atoms with van der Waals surface area (Å²) in [6.45, 7) is 2.08. The first-order chi connectivity index (χ1) is 11.6. The molecule has 0 aliphatic heterocycles. The van der Waals surface area contributed by atoms with E-state index in [2.05, 4.69) is 25.3 Å². The number of nitrogens with two attached hydrogens (primary N) is 1. The molecular weight excluding hydrogens is 307 g/mol. The van der Waals surface area contributed by atoms with Crippen molar-refractivity contribution < 1.29 is 4.79 Å². The van der Waals surface area contributed by atoms with E-state index in [1.807, 2.05) is 0 Å². The minimum absolute atomic E-state index is 0.00614. The summed E-state index contributed by atoms with van der Waals surface area (Å²) in [4.78, 5) is 38.0. The van der Waals surface area contributed by atoms with Crippen molar-refractivity contribution in [2.45, 2.75) is 13.4 Å². The van der Waals surface area contributed by atoms with E-state index < -0.39 is 5.56 Å². The van der Waals surface area contributed by atoms with E-state index in [1.165, 1.54) is 13.5 Å². The molecule has 0 saturated carbocycles. The van der Waals surface area contributed by atoms with Crippen LogP contribution >= 0.6 is 0 Å². The average Bonchev–Trinajstić information content (AvgIpc) is 2.60. The molecule has 1 aromatic carbocycles. The van der Waals surface area contributed by atoms with Crippen molar-refractivity contribution in [2.24, 2.45) is 0 Å². The zero-order chi connectivity index (χ0) is 17.1. The van der Waals surface area contributed by atoms with Crippen LogP contribution in [0.15, 0.2) is 35.3 Å². The molecule has 2 heterocycles. The minimum Gasteiger partial charge on any atom is -0.379 e. The van der Waals surface area contributed by atoms with Gasteiger partial charge in [0.25, 0.3) is 5.56 Å². The molecular formula is C15H14BN6O2. The molecule has 0 fully saturated rings. The number of nitrogen functional groups attached to an aromatic ring is 1. The predicted octanol–water partition coefficient (Wildman–Crippen LogP) is 0.800. The SMILES string of the molecule is C[B]C(=O)c1ccc(NCc2cnc3nc(N)[nH]c(=O)c3n2)cc1. The molecule has 3 aromatic rings. The van der Waals surface area contributed by atoms with Crippen molar-refractivity contribution in [1.82, 2.24) is 19.9 Å². The van der Waals surface area contributed by atoms with Crippen LogP contribution in [0.1, 0.15) is 16.1 Å². The van der Waals surface area contributed by atoms with Crippen LogP contribution < -0.4 is 16.6 Å². The smallest absolute Gasteiger partial charge is 0.280 e. The molecule has 4 N–H and O–H groups in total. The molecule has 8 nitrogen and oxygen atoms in total. The van der Waals surface area contributed by atoms with Gasteiger partial charge in [-0.3, -0.25) is 9.78 Å². The van der Waals surface area contributed by atoms with Crippen molar-refractivity contribution >= 4 is 35.8 Å². The Kier molecular flexibility index (Phi) is 4.23. The molecule has 0 atom stereocenters. The van der Waals surface area contributed by atoms with Crippen molar-refractivity contribution in [3.05, 3.63) is 52.1 Å². The highest BCUT2D eigenvalue weighted by molar-refractivity contribution is 6.76. The Hall–Kier alpha value is -3.23. The lowest BCUT2D eigenvalue weighted by Gasteiger charge is -2.07. The average molecular weight is 321 g/mol. The second-order valence-corrected chi connectivity index (χ2v) is 5.07. The van der Waals surface area contributed by atoms with Gasteiger partial charge in [-0.1, -0.05) is 19.0 Å². The Morgan fingerprint density at radius 1 is 1.29 bits per heavy atom. The highest BCUT2D eigenvalue weighted by Gasteiger charge is 2.07. The van der Waals surface area contributed by atoms with Crippen LogP contribution in [0.2, 0.25) is 6.82 Å². The van der Waals surface area contributed by atoms with Crippen molar-refractivity contribution in [1.29, 1.82) is 0 Å². The molecule has 0 saturated heterocycles. The second-order valence-electron chi connectivity index (χ2n) is 5.07. The first kappa shape index (κ1) is 15.7. The summed E-state index contributed by atoms with van der Waals surface area (Å²) >= 11 is 0. The summed E-state index contributed by atoms with van der Waals surface area (Å²) in [6.07, 6.45) is 1.53. The van der Waals surface area contributed by atoms with Crippen molar-refractivity contribution in [3.8, 4) is 0 Å². The highest BCUT2D eigenvalue weighted by atomic mass is 16.1. The zero-order valence-electron chi connectivity index (χ0n) is 12.9. The summed E-state index contributed by atoms with van der Waals surface area (Å²) in [5.41, 5.74) is 7.41. The lowest BCUT2D eigenvalue weighted by atomic mass is 9.73. The molecule has 0 spiro atoms. The van der Waals surface area contributed by atoms with Crippen LogP contribution in [0, 0.1) is 0 Å². The van der Waals surface area contributed by atoms with E-state index in [4.69, 9.17) is 5.73 Å². The number of rotatable bonds is 5. The normalized spacial score (nSPS) is 10.5. The zero-order valence-corrected chi connectivity index (χ0v) is 12.9.